The van der Waals surface area contributed by atoms with Crippen molar-refractivity contribution in [1.29, 1.82) is 0 Å². The van der Waals surface area contributed by atoms with E-state index in [0.29, 0.717) is 12.1 Å². The molecule has 1 N–H and O–H groups in total. The summed E-state index contributed by atoms with van der Waals surface area (Å²) in [7, 11) is 0. The maximum Gasteiger partial charge on any atom is 0.136 e. The first-order valence-electron chi connectivity index (χ1n) is 8.27. The van der Waals surface area contributed by atoms with Crippen LogP contribution in [-0.2, 0) is 0 Å². The predicted octanol–water partition coefficient (Wildman–Crippen LogP) is 3.35. The summed E-state index contributed by atoms with van der Waals surface area (Å²) >= 11 is 0. The standard InChI is InChI=1S/C18H23N3/c1-2-7-15-14(6-1)10-12-20-18(15)21-13-4-3-9-17(21)16-8-5-11-19-16/h1-2,6-7,10,12,16-17,19H,3-5,8-9,11,13H2. The molecular weight excluding hydrogens is 258 g/mol. The SMILES string of the molecule is c1ccc2c(N3CCCCC3C3CCCN3)nccc2c1. The summed E-state index contributed by atoms with van der Waals surface area (Å²) in [5.41, 5.74) is 0. The lowest BCUT2D eigenvalue weighted by Gasteiger charge is -2.40. The van der Waals surface area contributed by atoms with E-state index in [4.69, 9.17) is 4.98 Å². The van der Waals surface area contributed by atoms with Crippen molar-refractivity contribution >= 4 is 16.6 Å². The lowest BCUT2D eigenvalue weighted by atomic mass is 9.94. The highest BCUT2D eigenvalue weighted by molar-refractivity contribution is 5.92. The summed E-state index contributed by atoms with van der Waals surface area (Å²) < 4.78 is 0. The van der Waals surface area contributed by atoms with Gasteiger partial charge in [-0.05, 0) is 50.1 Å². The van der Waals surface area contributed by atoms with Crippen molar-refractivity contribution in [2.45, 2.75) is 44.2 Å². The molecule has 21 heavy (non-hydrogen) atoms. The minimum Gasteiger partial charge on any atom is -0.352 e. The summed E-state index contributed by atoms with van der Waals surface area (Å²) in [5.74, 6) is 1.19. The molecule has 0 amide bonds. The molecular formula is C18H23N3. The number of nitrogens with one attached hydrogen (secondary N) is 1. The predicted molar refractivity (Wildman–Crippen MR) is 87.8 cm³/mol. The number of piperidine rings is 1. The Morgan fingerprint density at radius 2 is 2.00 bits per heavy atom. The Hall–Kier alpha value is -1.61. The van der Waals surface area contributed by atoms with Gasteiger partial charge in [0, 0.05) is 30.2 Å². The molecule has 0 spiro atoms. The normalized spacial score (nSPS) is 26.4. The third kappa shape index (κ3) is 2.40. The van der Waals surface area contributed by atoms with Gasteiger partial charge in [0.2, 0.25) is 0 Å². The third-order valence-corrected chi connectivity index (χ3v) is 5.04. The van der Waals surface area contributed by atoms with Crippen molar-refractivity contribution in [2.24, 2.45) is 0 Å². The van der Waals surface area contributed by atoms with Gasteiger partial charge < -0.3 is 10.2 Å². The second-order valence-corrected chi connectivity index (χ2v) is 6.32. The number of hydrogen-bond donors (Lipinski definition) is 1. The van der Waals surface area contributed by atoms with Crippen molar-refractivity contribution < 1.29 is 0 Å². The highest BCUT2D eigenvalue weighted by Crippen LogP contribution is 2.32. The van der Waals surface area contributed by atoms with Crippen LogP contribution in [0.1, 0.15) is 32.1 Å². The van der Waals surface area contributed by atoms with Gasteiger partial charge in [-0.3, -0.25) is 0 Å². The molecule has 2 aromatic rings. The van der Waals surface area contributed by atoms with E-state index >= 15 is 0 Å². The second-order valence-electron chi connectivity index (χ2n) is 6.32. The number of nitrogens with zero attached hydrogens (tertiary/aromatic N) is 2. The van der Waals surface area contributed by atoms with Gasteiger partial charge in [0.05, 0.1) is 0 Å². The van der Waals surface area contributed by atoms with Crippen LogP contribution in [0, 0.1) is 0 Å². The second kappa shape index (κ2) is 5.64. The van der Waals surface area contributed by atoms with Crippen LogP contribution in [0.2, 0.25) is 0 Å². The molecule has 4 rings (SSSR count). The zero-order chi connectivity index (χ0) is 14.1. The largest absolute Gasteiger partial charge is 0.352 e. The molecule has 0 saturated carbocycles. The van der Waals surface area contributed by atoms with Crippen LogP contribution in [0.5, 0.6) is 0 Å². The van der Waals surface area contributed by atoms with Gasteiger partial charge in [-0.2, -0.15) is 0 Å². The molecule has 2 saturated heterocycles. The molecule has 0 bridgehead atoms. The number of rotatable bonds is 2. The molecule has 110 valence electrons. The molecule has 2 aliphatic rings. The summed E-state index contributed by atoms with van der Waals surface area (Å²) in [6.07, 6.45) is 8.52. The number of anilines is 1. The minimum absolute atomic E-state index is 0.611. The smallest absolute Gasteiger partial charge is 0.136 e. The van der Waals surface area contributed by atoms with Crippen molar-refractivity contribution in [3.05, 3.63) is 36.5 Å². The van der Waals surface area contributed by atoms with Gasteiger partial charge in [-0.15, -0.1) is 0 Å². The minimum atomic E-state index is 0.611. The molecule has 2 fully saturated rings. The fourth-order valence-corrected chi connectivity index (χ4v) is 4.01. The van der Waals surface area contributed by atoms with E-state index in [1.54, 1.807) is 0 Å². The zero-order valence-corrected chi connectivity index (χ0v) is 12.5. The zero-order valence-electron chi connectivity index (χ0n) is 12.5. The van der Waals surface area contributed by atoms with Crippen LogP contribution in [0.25, 0.3) is 10.8 Å². The van der Waals surface area contributed by atoms with E-state index in [2.05, 4.69) is 40.5 Å². The van der Waals surface area contributed by atoms with Crippen LogP contribution < -0.4 is 10.2 Å². The number of fused-ring (bicyclic) bond motifs is 1. The van der Waals surface area contributed by atoms with Gasteiger partial charge in [0.15, 0.2) is 0 Å². The molecule has 0 aliphatic carbocycles. The Balaban J connectivity index is 1.74. The van der Waals surface area contributed by atoms with E-state index < -0.39 is 0 Å². The van der Waals surface area contributed by atoms with Crippen LogP contribution >= 0.6 is 0 Å². The Bertz CT molecular complexity index is 613. The Labute approximate surface area is 126 Å². The summed E-state index contributed by atoms with van der Waals surface area (Å²) in [5, 5.41) is 6.30. The summed E-state index contributed by atoms with van der Waals surface area (Å²) in [6, 6.07) is 12.0. The topological polar surface area (TPSA) is 28.2 Å². The fraction of sp³-hybridized carbons (Fsp3) is 0.500. The van der Waals surface area contributed by atoms with E-state index in [1.807, 2.05) is 6.20 Å². The van der Waals surface area contributed by atoms with Crippen LogP contribution in [0.4, 0.5) is 5.82 Å². The molecule has 2 aliphatic heterocycles. The molecule has 1 aromatic heterocycles. The van der Waals surface area contributed by atoms with Gasteiger partial charge in [-0.1, -0.05) is 24.3 Å². The van der Waals surface area contributed by atoms with E-state index in [9.17, 15) is 0 Å². The Kier molecular flexibility index (Phi) is 3.52. The molecule has 3 nitrogen and oxygen atoms in total. The lowest BCUT2D eigenvalue weighted by molar-refractivity contribution is 0.377. The van der Waals surface area contributed by atoms with E-state index in [0.717, 1.165) is 6.54 Å². The van der Waals surface area contributed by atoms with Gasteiger partial charge in [0.1, 0.15) is 5.82 Å². The maximum absolute atomic E-state index is 4.75. The van der Waals surface area contributed by atoms with Crippen LogP contribution in [0.3, 0.4) is 0 Å². The third-order valence-electron chi connectivity index (χ3n) is 5.04. The van der Waals surface area contributed by atoms with E-state index in [1.165, 1.54) is 55.2 Å². The van der Waals surface area contributed by atoms with Crippen molar-refractivity contribution in [3.63, 3.8) is 0 Å². The number of pyridine rings is 1. The summed E-state index contributed by atoms with van der Waals surface area (Å²) in [6.45, 7) is 2.32. The molecule has 0 radical (unpaired) electrons. The fourth-order valence-electron chi connectivity index (χ4n) is 4.01. The molecule has 2 atom stereocenters. The Morgan fingerprint density at radius 1 is 1.05 bits per heavy atom. The average Bonchev–Trinajstić information content (AvgIpc) is 3.09. The van der Waals surface area contributed by atoms with Gasteiger partial charge >= 0.3 is 0 Å². The monoisotopic (exact) mass is 281 g/mol. The van der Waals surface area contributed by atoms with E-state index in [-0.39, 0.29) is 0 Å². The van der Waals surface area contributed by atoms with Crippen molar-refractivity contribution in [3.8, 4) is 0 Å². The Morgan fingerprint density at radius 3 is 2.90 bits per heavy atom. The van der Waals surface area contributed by atoms with Gasteiger partial charge in [-0.25, -0.2) is 4.98 Å². The molecule has 3 heterocycles. The quantitative estimate of drug-likeness (QED) is 0.915. The first-order valence-corrected chi connectivity index (χ1v) is 8.27. The number of aromatic nitrogens is 1. The first kappa shape index (κ1) is 13.1. The molecule has 2 unspecified atom stereocenters. The highest BCUT2D eigenvalue weighted by atomic mass is 15.2. The average molecular weight is 281 g/mol. The van der Waals surface area contributed by atoms with Crippen LogP contribution in [-0.4, -0.2) is 30.2 Å². The van der Waals surface area contributed by atoms with Crippen molar-refractivity contribution in [2.75, 3.05) is 18.0 Å². The summed E-state index contributed by atoms with van der Waals surface area (Å²) in [4.78, 5) is 7.33. The highest BCUT2D eigenvalue weighted by Gasteiger charge is 2.32. The van der Waals surface area contributed by atoms with Gasteiger partial charge in [0.25, 0.3) is 0 Å². The number of hydrogen-bond acceptors (Lipinski definition) is 3. The number of benzene rings is 1. The van der Waals surface area contributed by atoms with Crippen LogP contribution in [0.15, 0.2) is 36.5 Å². The molecule has 1 aromatic carbocycles. The molecule has 3 heteroatoms. The lowest BCUT2D eigenvalue weighted by Crippen LogP contribution is -2.50. The van der Waals surface area contributed by atoms with Crippen molar-refractivity contribution in [1.82, 2.24) is 10.3 Å². The first-order chi connectivity index (χ1) is 10.4. The maximum atomic E-state index is 4.75.